The molecule has 4 rings (SSSR count). The molecule has 1 aliphatic heterocycles. The van der Waals surface area contributed by atoms with E-state index >= 15 is 0 Å². The topological polar surface area (TPSA) is 50.6 Å². The highest BCUT2D eigenvalue weighted by Crippen LogP contribution is 2.30. The molecular formula is C22H26N4O2. The van der Waals surface area contributed by atoms with Crippen LogP contribution in [0.3, 0.4) is 0 Å². The Morgan fingerprint density at radius 2 is 1.86 bits per heavy atom. The van der Waals surface area contributed by atoms with Crippen LogP contribution < -0.4 is 9.64 Å². The van der Waals surface area contributed by atoms with Gasteiger partial charge in [-0.3, -0.25) is 4.79 Å². The Labute approximate surface area is 165 Å². The zero-order valence-electron chi connectivity index (χ0n) is 16.5. The number of anilines is 1. The third-order valence-electron chi connectivity index (χ3n) is 5.29. The van der Waals surface area contributed by atoms with Crippen molar-refractivity contribution in [3.05, 3.63) is 54.4 Å². The number of carbonyl (C=O) groups excluding carboxylic acids is 1. The lowest BCUT2D eigenvalue weighted by Crippen LogP contribution is -2.49. The maximum atomic E-state index is 13.4. The van der Waals surface area contributed by atoms with Crippen LogP contribution in [0.15, 0.2) is 48.8 Å². The zero-order chi connectivity index (χ0) is 19.5. The predicted octanol–water partition coefficient (Wildman–Crippen LogP) is 3.42. The number of nitrogens with zero attached hydrogens (tertiary/aromatic N) is 4. The number of piperazine rings is 1. The van der Waals surface area contributed by atoms with Gasteiger partial charge in [-0.15, -0.1) is 0 Å². The first-order valence-corrected chi connectivity index (χ1v) is 9.92. The van der Waals surface area contributed by atoms with Crippen molar-refractivity contribution < 1.29 is 9.53 Å². The molecule has 1 amide bonds. The lowest BCUT2D eigenvalue weighted by atomic mass is 10.0. The minimum absolute atomic E-state index is 0.0405. The molecule has 6 nitrogen and oxygen atoms in total. The summed E-state index contributed by atoms with van der Waals surface area (Å²) in [5, 5.41) is 2.00. The van der Waals surface area contributed by atoms with Gasteiger partial charge in [0.25, 0.3) is 5.91 Å². The number of hydrogen-bond acceptors (Lipinski definition) is 4. The molecule has 0 aliphatic carbocycles. The van der Waals surface area contributed by atoms with E-state index in [1.807, 2.05) is 60.6 Å². The van der Waals surface area contributed by atoms with E-state index in [1.165, 1.54) is 0 Å². The van der Waals surface area contributed by atoms with E-state index in [2.05, 4.69) is 21.4 Å². The third kappa shape index (κ3) is 3.30. The van der Waals surface area contributed by atoms with Gasteiger partial charge < -0.3 is 19.1 Å². The van der Waals surface area contributed by atoms with Crippen molar-refractivity contribution in [3.63, 3.8) is 0 Å². The van der Waals surface area contributed by atoms with Gasteiger partial charge >= 0.3 is 0 Å². The molecule has 0 spiro atoms. The number of rotatable bonds is 5. The molecule has 0 N–H and O–H groups in total. The van der Waals surface area contributed by atoms with Crippen LogP contribution in [0.2, 0.25) is 0 Å². The van der Waals surface area contributed by atoms with Crippen LogP contribution in [0.25, 0.3) is 10.8 Å². The fourth-order valence-corrected chi connectivity index (χ4v) is 3.85. The number of aryl methyl sites for hydroxylation is 1. The second-order valence-electron chi connectivity index (χ2n) is 6.89. The van der Waals surface area contributed by atoms with Crippen molar-refractivity contribution >= 4 is 22.6 Å². The summed E-state index contributed by atoms with van der Waals surface area (Å²) >= 11 is 0. The maximum absolute atomic E-state index is 13.4. The van der Waals surface area contributed by atoms with E-state index in [0.717, 1.165) is 36.4 Å². The van der Waals surface area contributed by atoms with Crippen molar-refractivity contribution in [1.29, 1.82) is 0 Å². The van der Waals surface area contributed by atoms with Gasteiger partial charge in [0.1, 0.15) is 5.75 Å². The fourth-order valence-electron chi connectivity index (χ4n) is 3.85. The summed E-state index contributed by atoms with van der Waals surface area (Å²) in [6.45, 7) is 8.37. The maximum Gasteiger partial charge on any atom is 0.258 e. The highest BCUT2D eigenvalue weighted by atomic mass is 16.5. The molecule has 1 aliphatic rings. The molecule has 146 valence electrons. The molecule has 0 saturated carbocycles. The van der Waals surface area contributed by atoms with Gasteiger partial charge in [-0.05, 0) is 30.7 Å². The van der Waals surface area contributed by atoms with Crippen LogP contribution >= 0.6 is 0 Å². The van der Waals surface area contributed by atoms with Crippen LogP contribution in [0, 0.1) is 0 Å². The van der Waals surface area contributed by atoms with Gasteiger partial charge in [-0.1, -0.05) is 30.3 Å². The Balaban J connectivity index is 1.58. The Bertz CT molecular complexity index is 974. The number of amides is 1. The molecule has 1 fully saturated rings. The lowest BCUT2D eigenvalue weighted by Gasteiger charge is -2.35. The van der Waals surface area contributed by atoms with E-state index in [0.29, 0.717) is 31.0 Å². The average molecular weight is 378 g/mol. The summed E-state index contributed by atoms with van der Waals surface area (Å²) < 4.78 is 7.93. The molecule has 6 heteroatoms. The second kappa shape index (κ2) is 7.92. The summed E-state index contributed by atoms with van der Waals surface area (Å²) in [5.41, 5.74) is 0.670. The van der Waals surface area contributed by atoms with Crippen LogP contribution in [0.4, 0.5) is 5.95 Å². The average Bonchev–Trinajstić information content (AvgIpc) is 3.22. The van der Waals surface area contributed by atoms with Crippen LogP contribution in [0.5, 0.6) is 5.75 Å². The van der Waals surface area contributed by atoms with Crippen molar-refractivity contribution in [2.75, 3.05) is 37.7 Å². The van der Waals surface area contributed by atoms with Gasteiger partial charge in [0.05, 0.1) is 12.2 Å². The monoisotopic (exact) mass is 378 g/mol. The number of benzene rings is 2. The predicted molar refractivity (Wildman–Crippen MR) is 111 cm³/mol. The minimum atomic E-state index is 0.0405. The largest absolute Gasteiger partial charge is 0.493 e. The van der Waals surface area contributed by atoms with E-state index in [9.17, 15) is 4.79 Å². The SMILES string of the molecule is CCOc1ccc2ccccc2c1C(=O)N1CCN(c2nccn2CC)CC1. The van der Waals surface area contributed by atoms with Crippen LogP contribution in [-0.4, -0.2) is 53.1 Å². The number of hydrogen-bond donors (Lipinski definition) is 0. The highest BCUT2D eigenvalue weighted by molar-refractivity contribution is 6.09. The summed E-state index contributed by atoms with van der Waals surface area (Å²) in [7, 11) is 0. The number of aromatic nitrogens is 2. The first-order chi connectivity index (χ1) is 13.7. The van der Waals surface area contributed by atoms with Gasteiger partial charge in [-0.2, -0.15) is 0 Å². The molecule has 0 atom stereocenters. The van der Waals surface area contributed by atoms with Crippen molar-refractivity contribution in [2.24, 2.45) is 0 Å². The second-order valence-corrected chi connectivity index (χ2v) is 6.89. The molecule has 1 saturated heterocycles. The minimum Gasteiger partial charge on any atom is -0.493 e. The standard InChI is InChI=1S/C22H26N4O2/c1-3-24-12-11-23-22(24)26-15-13-25(14-16-26)21(27)20-18-8-6-5-7-17(18)9-10-19(20)28-4-2/h5-12H,3-4,13-16H2,1-2H3. The summed E-state index contributed by atoms with van der Waals surface area (Å²) in [6, 6.07) is 11.9. The molecular weight excluding hydrogens is 352 g/mol. The summed E-state index contributed by atoms with van der Waals surface area (Å²) in [6.07, 6.45) is 3.83. The third-order valence-corrected chi connectivity index (χ3v) is 5.29. The molecule has 0 unspecified atom stereocenters. The van der Waals surface area contributed by atoms with Gasteiger partial charge in [-0.25, -0.2) is 4.98 Å². The Hall–Kier alpha value is -3.02. The van der Waals surface area contributed by atoms with Crippen molar-refractivity contribution in [3.8, 4) is 5.75 Å². The molecule has 0 radical (unpaired) electrons. The van der Waals surface area contributed by atoms with Crippen LogP contribution in [0.1, 0.15) is 24.2 Å². The Morgan fingerprint density at radius 3 is 2.61 bits per heavy atom. The molecule has 2 aromatic carbocycles. The van der Waals surface area contributed by atoms with Gasteiger partial charge in [0.2, 0.25) is 5.95 Å². The molecule has 2 heterocycles. The Kier molecular flexibility index (Phi) is 5.19. The number of ether oxygens (including phenoxy) is 1. The molecule has 28 heavy (non-hydrogen) atoms. The highest BCUT2D eigenvalue weighted by Gasteiger charge is 2.27. The van der Waals surface area contributed by atoms with E-state index in [4.69, 9.17) is 4.74 Å². The number of imidazole rings is 1. The summed E-state index contributed by atoms with van der Waals surface area (Å²) in [5.74, 6) is 1.68. The summed E-state index contributed by atoms with van der Waals surface area (Å²) in [4.78, 5) is 22.1. The first kappa shape index (κ1) is 18.3. The molecule has 3 aromatic rings. The van der Waals surface area contributed by atoms with E-state index in [-0.39, 0.29) is 5.91 Å². The van der Waals surface area contributed by atoms with Crippen LogP contribution in [-0.2, 0) is 6.54 Å². The molecule has 0 bridgehead atoms. The van der Waals surface area contributed by atoms with Gasteiger partial charge in [0, 0.05) is 45.1 Å². The molecule has 1 aromatic heterocycles. The lowest BCUT2D eigenvalue weighted by molar-refractivity contribution is 0.0744. The normalized spacial score (nSPS) is 14.5. The smallest absolute Gasteiger partial charge is 0.258 e. The zero-order valence-corrected chi connectivity index (χ0v) is 16.5. The first-order valence-electron chi connectivity index (χ1n) is 9.92. The van der Waals surface area contributed by atoms with Crippen molar-refractivity contribution in [1.82, 2.24) is 14.5 Å². The number of fused-ring (bicyclic) bond motifs is 1. The quantitative estimate of drug-likeness (QED) is 0.683. The fraction of sp³-hybridized carbons (Fsp3) is 0.364. The number of carbonyl (C=O) groups is 1. The van der Waals surface area contributed by atoms with E-state index < -0.39 is 0 Å². The van der Waals surface area contributed by atoms with Crippen molar-refractivity contribution in [2.45, 2.75) is 20.4 Å². The Morgan fingerprint density at radius 1 is 1.07 bits per heavy atom. The van der Waals surface area contributed by atoms with Gasteiger partial charge in [0.15, 0.2) is 0 Å². The van der Waals surface area contributed by atoms with E-state index in [1.54, 1.807) is 0 Å².